The van der Waals surface area contributed by atoms with E-state index in [1.807, 2.05) is 0 Å². The van der Waals surface area contributed by atoms with Crippen LogP contribution in [-0.2, 0) is 6.42 Å². The summed E-state index contributed by atoms with van der Waals surface area (Å²) in [7, 11) is 0. The number of hydrogen-bond donors (Lipinski definition) is 0. The highest BCUT2D eigenvalue weighted by molar-refractivity contribution is 5.56. The Hall–Kier alpha value is -0.980. The number of rotatable bonds is 14. The van der Waals surface area contributed by atoms with Crippen molar-refractivity contribution in [2.75, 3.05) is 0 Å². The van der Waals surface area contributed by atoms with Gasteiger partial charge >= 0.3 is 0 Å². The van der Waals surface area contributed by atoms with E-state index in [4.69, 9.17) is 4.74 Å². The van der Waals surface area contributed by atoms with Gasteiger partial charge in [0.25, 0.3) is 0 Å². The summed E-state index contributed by atoms with van der Waals surface area (Å²) in [6.07, 6.45) is 15.8. The molecule has 1 aromatic carbocycles. The van der Waals surface area contributed by atoms with Crippen molar-refractivity contribution in [3.63, 3.8) is 0 Å². The molecule has 4 atom stereocenters. The summed E-state index contributed by atoms with van der Waals surface area (Å²) in [4.78, 5) is 0. The Labute approximate surface area is 215 Å². The molecule has 1 aliphatic heterocycles. The monoisotopic (exact) mass is 472 g/mol. The van der Waals surface area contributed by atoms with Crippen LogP contribution in [-0.4, -0.2) is 5.60 Å². The molecule has 1 unspecified atom stereocenters. The van der Waals surface area contributed by atoms with Crippen LogP contribution in [0.1, 0.15) is 154 Å². The maximum atomic E-state index is 6.83. The molecule has 0 fully saturated rings. The summed E-state index contributed by atoms with van der Waals surface area (Å²) in [6.45, 7) is 23.6. The lowest BCUT2D eigenvalue weighted by molar-refractivity contribution is 0.0513. The first kappa shape index (κ1) is 29.3. The highest BCUT2D eigenvalue weighted by atomic mass is 16.5. The van der Waals surface area contributed by atoms with E-state index in [-0.39, 0.29) is 7.03 Å². The van der Waals surface area contributed by atoms with Gasteiger partial charge in [0.2, 0.25) is 0 Å². The molecule has 0 N–H and O–H groups in total. The van der Waals surface area contributed by atoms with Crippen LogP contribution >= 0.6 is 0 Å². The predicted octanol–water partition coefficient (Wildman–Crippen LogP) is 10.9. The minimum Gasteiger partial charge on any atom is -0.487 e. The summed E-state index contributed by atoms with van der Waals surface area (Å²) in [5, 5.41) is 0. The second kappa shape index (κ2) is 13.4. The SMILES string of the molecule is CCC(C)c1c(C)c(C)c2c(c1C)CC[C@@](C)(CCC[C@H](C)CCC[C@H](C)CCCC(C)C)O2.[HH]. The topological polar surface area (TPSA) is 9.23 Å². The van der Waals surface area contributed by atoms with E-state index in [1.54, 1.807) is 5.56 Å². The van der Waals surface area contributed by atoms with E-state index in [9.17, 15) is 0 Å². The molecule has 1 heteroatoms. The third-order valence-electron chi connectivity index (χ3n) is 9.07. The molecule has 0 saturated heterocycles. The van der Waals surface area contributed by atoms with Crippen LogP contribution in [0.3, 0.4) is 0 Å². The minimum atomic E-state index is -0.000816. The average Bonchev–Trinajstić information content (AvgIpc) is 2.77. The lowest BCUT2D eigenvalue weighted by atomic mass is 9.80. The highest BCUT2D eigenvalue weighted by Crippen LogP contribution is 2.44. The van der Waals surface area contributed by atoms with Crippen molar-refractivity contribution < 1.29 is 6.16 Å². The summed E-state index contributed by atoms with van der Waals surface area (Å²) < 4.78 is 6.83. The van der Waals surface area contributed by atoms with Crippen LogP contribution in [0.4, 0.5) is 0 Å². The third kappa shape index (κ3) is 8.03. The zero-order chi connectivity index (χ0) is 25.5. The molecule has 1 aromatic rings. The molecule has 34 heavy (non-hydrogen) atoms. The molecule has 0 radical (unpaired) electrons. The van der Waals surface area contributed by atoms with Crippen LogP contribution in [0.15, 0.2) is 0 Å². The second-order valence-corrected chi connectivity index (χ2v) is 12.8. The summed E-state index contributed by atoms with van der Waals surface area (Å²) in [5.41, 5.74) is 7.42. The molecule has 198 valence electrons. The van der Waals surface area contributed by atoms with Crippen molar-refractivity contribution >= 4 is 0 Å². The van der Waals surface area contributed by atoms with Gasteiger partial charge in [0.05, 0.1) is 0 Å². The van der Waals surface area contributed by atoms with Gasteiger partial charge in [-0.1, -0.05) is 86.5 Å². The highest BCUT2D eigenvalue weighted by Gasteiger charge is 2.34. The van der Waals surface area contributed by atoms with Gasteiger partial charge in [-0.05, 0) is 111 Å². The Morgan fingerprint density at radius 2 is 1.35 bits per heavy atom. The molecule has 0 amide bonds. The van der Waals surface area contributed by atoms with Gasteiger partial charge in [0, 0.05) is 1.43 Å². The van der Waals surface area contributed by atoms with E-state index in [0.29, 0.717) is 5.92 Å². The van der Waals surface area contributed by atoms with Crippen LogP contribution in [0.5, 0.6) is 5.75 Å². The molecule has 0 bridgehead atoms. The van der Waals surface area contributed by atoms with E-state index in [0.717, 1.165) is 24.2 Å². The molecule has 0 saturated carbocycles. The van der Waals surface area contributed by atoms with Crippen molar-refractivity contribution in [3.8, 4) is 5.75 Å². The van der Waals surface area contributed by atoms with Gasteiger partial charge in [-0.15, -0.1) is 0 Å². The molecule has 2 rings (SSSR count). The molecule has 1 aliphatic rings. The lowest BCUT2D eigenvalue weighted by Gasteiger charge is -2.39. The third-order valence-corrected chi connectivity index (χ3v) is 9.07. The summed E-state index contributed by atoms with van der Waals surface area (Å²) in [5.74, 6) is 4.44. The first-order valence-corrected chi connectivity index (χ1v) is 14.8. The van der Waals surface area contributed by atoms with Crippen molar-refractivity contribution in [1.82, 2.24) is 0 Å². The first-order valence-electron chi connectivity index (χ1n) is 14.8. The Kier molecular flexibility index (Phi) is 11.5. The Bertz CT molecular complexity index is 767. The molecule has 0 aliphatic carbocycles. The molecule has 0 spiro atoms. The minimum absolute atomic E-state index is 0. The Morgan fingerprint density at radius 3 is 1.91 bits per heavy atom. The zero-order valence-corrected chi connectivity index (χ0v) is 24.7. The van der Waals surface area contributed by atoms with Crippen LogP contribution in [0.25, 0.3) is 0 Å². The fourth-order valence-electron chi connectivity index (χ4n) is 6.26. The van der Waals surface area contributed by atoms with Gasteiger partial charge in [0.1, 0.15) is 11.4 Å². The molecular formula is C33H60O. The van der Waals surface area contributed by atoms with E-state index in [2.05, 4.69) is 69.2 Å². The Morgan fingerprint density at radius 1 is 0.794 bits per heavy atom. The molecule has 1 heterocycles. The maximum Gasteiger partial charge on any atom is 0.126 e. The van der Waals surface area contributed by atoms with E-state index < -0.39 is 0 Å². The number of fused-ring (bicyclic) bond motifs is 1. The smallest absolute Gasteiger partial charge is 0.126 e. The normalized spacial score (nSPS) is 20.7. The molecule has 0 aromatic heterocycles. The van der Waals surface area contributed by atoms with E-state index >= 15 is 0 Å². The average molecular weight is 473 g/mol. The van der Waals surface area contributed by atoms with E-state index in [1.165, 1.54) is 98.6 Å². The van der Waals surface area contributed by atoms with Gasteiger partial charge in [-0.25, -0.2) is 0 Å². The van der Waals surface area contributed by atoms with Crippen LogP contribution in [0, 0.1) is 38.5 Å². The van der Waals surface area contributed by atoms with Gasteiger partial charge in [-0.2, -0.15) is 0 Å². The molecule has 1 nitrogen and oxygen atoms in total. The quantitative estimate of drug-likeness (QED) is 0.261. The van der Waals surface area contributed by atoms with Crippen LogP contribution < -0.4 is 4.74 Å². The zero-order valence-electron chi connectivity index (χ0n) is 24.7. The standard InChI is InChI=1S/C33H58O.H2/c1-11-26(6)31-27(7)28(8)32-30(29(31)9)20-22-33(10,34-32)21-14-19-25(5)18-13-17-24(4)16-12-15-23(2)3;/h23-26H,11-22H2,1-10H3;1H/t24-,25-,26?,33-;/m1./s1. The number of benzene rings is 1. The van der Waals surface area contributed by atoms with Crippen LogP contribution in [0.2, 0.25) is 0 Å². The van der Waals surface area contributed by atoms with Crippen molar-refractivity contribution in [2.45, 2.75) is 158 Å². The second-order valence-electron chi connectivity index (χ2n) is 12.8. The summed E-state index contributed by atoms with van der Waals surface area (Å²) >= 11 is 0. The lowest BCUT2D eigenvalue weighted by Crippen LogP contribution is -2.37. The van der Waals surface area contributed by atoms with Gasteiger partial charge < -0.3 is 4.74 Å². The van der Waals surface area contributed by atoms with Crippen molar-refractivity contribution in [1.29, 1.82) is 0 Å². The summed E-state index contributed by atoms with van der Waals surface area (Å²) in [6, 6.07) is 0. The largest absolute Gasteiger partial charge is 0.487 e. The maximum absolute atomic E-state index is 6.83. The fraction of sp³-hybridized carbons (Fsp3) is 0.818. The van der Waals surface area contributed by atoms with Crippen molar-refractivity contribution in [3.05, 3.63) is 27.8 Å². The fourth-order valence-corrected chi connectivity index (χ4v) is 6.26. The number of ether oxygens (including phenoxy) is 1. The van der Waals surface area contributed by atoms with Gasteiger partial charge in [-0.3, -0.25) is 0 Å². The first-order chi connectivity index (χ1) is 16.0. The predicted molar refractivity (Wildman–Crippen MR) is 154 cm³/mol. The van der Waals surface area contributed by atoms with Gasteiger partial charge in [0.15, 0.2) is 0 Å². The van der Waals surface area contributed by atoms with Crippen molar-refractivity contribution in [2.24, 2.45) is 17.8 Å². The Balaban J connectivity index is 0.00000612. The molecular weight excluding hydrogens is 412 g/mol. The number of hydrogen-bond acceptors (Lipinski definition) is 1.